The van der Waals surface area contributed by atoms with Crippen molar-refractivity contribution in [1.82, 2.24) is 14.3 Å². The Morgan fingerprint density at radius 3 is 2.66 bits per heavy atom. The van der Waals surface area contributed by atoms with Gasteiger partial charge in [-0.3, -0.25) is 9.20 Å². The van der Waals surface area contributed by atoms with Gasteiger partial charge in [0.2, 0.25) is 0 Å². The third-order valence-corrected chi connectivity index (χ3v) is 6.20. The van der Waals surface area contributed by atoms with Crippen molar-refractivity contribution in [1.29, 1.82) is 0 Å². The van der Waals surface area contributed by atoms with E-state index in [0.29, 0.717) is 13.0 Å². The molecule has 1 fully saturated rings. The van der Waals surface area contributed by atoms with E-state index in [4.69, 9.17) is 4.98 Å². The molecule has 146 valence electrons. The highest BCUT2D eigenvalue weighted by molar-refractivity contribution is 7.15. The molecule has 1 aliphatic carbocycles. The highest BCUT2D eigenvalue weighted by atomic mass is 32.1. The van der Waals surface area contributed by atoms with Gasteiger partial charge in [-0.05, 0) is 25.0 Å². The van der Waals surface area contributed by atoms with Gasteiger partial charge in [0.05, 0.1) is 11.3 Å². The van der Waals surface area contributed by atoms with E-state index in [1.54, 1.807) is 29.5 Å². The zero-order valence-electron chi connectivity index (χ0n) is 15.8. The highest BCUT2D eigenvalue weighted by Gasteiger charge is 2.33. The molecule has 0 bridgehead atoms. The number of thiazole rings is 1. The number of carbonyl (C=O) groups is 1. The Bertz CT molecular complexity index is 1160. The average Bonchev–Trinajstić information content (AvgIpc) is 3.38. The molecule has 0 spiro atoms. The first-order valence-electron chi connectivity index (χ1n) is 9.77. The maximum absolute atomic E-state index is 14.1. The van der Waals surface area contributed by atoms with Crippen molar-refractivity contribution in [3.8, 4) is 11.3 Å². The van der Waals surface area contributed by atoms with E-state index < -0.39 is 5.82 Å². The summed E-state index contributed by atoms with van der Waals surface area (Å²) in [7, 11) is 0. The van der Waals surface area contributed by atoms with Crippen molar-refractivity contribution >= 4 is 22.2 Å². The lowest BCUT2D eigenvalue weighted by Gasteiger charge is -2.22. The van der Waals surface area contributed by atoms with Crippen LogP contribution in [0.1, 0.15) is 28.9 Å². The molecule has 4 nitrogen and oxygen atoms in total. The number of amides is 1. The van der Waals surface area contributed by atoms with Crippen LogP contribution in [0, 0.1) is 5.82 Å². The van der Waals surface area contributed by atoms with Crippen LogP contribution in [0.15, 0.2) is 66.2 Å². The van der Waals surface area contributed by atoms with Gasteiger partial charge in [-0.2, -0.15) is 0 Å². The summed E-state index contributed by atoms with van der Waals surface area (Å²) < 4.78 is 16.2. The van der Waals surface area contributed by atoms with Gasteiger partial charge in [0.15, 0.2) is 4.96 Å². The molecule has 0 unspecified atom stereocenters. The van der Waals surface area contributed by atoms with Crippen LogP contribution in [0.2, 0.25) is 0 Å². The topological polar surface area (TPSA) is 37.6 Å². The molecule has 0 N–H and O–H groups in total. The number of fused-ring (bicyclic) bond motifs is 1. The molecule has 2 heterocycles. The van der Waals surface area contributed by atoms with Crippen LogP contribution in [-0.4, -0.2) is 32.8 Å². The van der Waals surface area contributed by atoms with E-state index in [1.807, 2.05) is 35.2 Å². The second-order valence-electron chi connectivity index (χ2n) is 7.33. The molecular weight excluding hydrogens is 385 g/mol. The third-order valence-electron chi connectivity index (χ3n) is 5.31. The third kappa shape index (κ3) is 3.56. The highest BCUT2D eigenvalue weighted by Crippen LogP contribution is 2.30. The predicted octanol–water partition coefficient (Wildman–Crippen LogP) is 5.05. The Morgan fingerprint density at radius 2 is 1.90 bits per heavy atom. The largest absolute Gasteiger partial charge is 0.335 e. The summed E-state index contributed by atoms with van der Waals surface area (Å²) in [5.41, 5.74) is 3.30. The van der Waals surface area contributed by atoms with Crippen LogP contribution in [-0.2, 0) is 6.42 Å². The Morgan fingerprint density at radius 1 is 1.14 bits per heavy atom. The molecule has 1 amide bonds. The van der Waals surface area contributed by atoms with Gasteiger partial charge >= 0.3 is 0 Å². The summed E-state index contributed by atoms with van der Waals surface area (Å²) >= 11 is 1.60. The maximum atomic E-state index is 14.1. The first-order valence-corrected chi connectivity index (χ1v) is 10.6. The number of imidazole rings is 1. The number of benzene rings is 2. The van der Waals surface area contributed by atoms with Crippen molar-refractivity contribution in [2.75, 3.05) is 6.54 Å². The molecule has 4 aromatic rings. The van der Waals surface area contributed by atoms with Gasteiger partial charge < -0.3 is 4.90 Å². The van der Waals surface area contributed by atoms with Crippen molar-refractivity contribution in [3.05, 3.63) is 83.2 Å². The van der Waals surface area contributed by atoms with Gasteiger partial charge in [-0.25, -0.2) is 9.37 Å². The van der Waals surface area contributed by atoms with Crippen LogP contribution in [0.25, 0.3) is 16.2 Å². The quantitative estimate of drug-likeness (QED) is 0.450. The Balaban J connectivity index is 1.37. The summed E-state index contributed by atoms with van der Waals surface area (Å²) in [6, 6.07) is 16.6. The summed E-state index contributed by atoms with van der Waals surface area (Å²) in [4.78, 5) is 20.4. The fraction of sp³-hybridized carbons (Fsp3) is 0.217. The molecule has 1 saturated carbocycles. The van der Waals surface area contributed by atoms with Crippen LogP contribution in [0.5, 0.6) is 0 Å². The summed E-state index contributed by atoms with van der Waals surface area (Å²) in [5, 5.41) is 2.09. The minimum atomic E-state index is -0.455. The molecular formula is C23H20FN3OS. The first-order chi connectivity index (χ1) is 14.2. The molecule has 5 rings (SSSR count). The zero-order valence-corrected chi connectivity index (χ0v) is 16.6. The fourth-order valence-corrected chi connectivity index (χ4v) is 4.53. The zero-order chi connectivity index (χ0) is 19.8. The van der Waals surface area contributed by atoms with Crippen molar-refractivity contribution in [2.24, 2.45) is 0 Å². The van der Waals surface area contributed by atoms with E-state index in [0.717, 1.165) is 34.8 Å². The number of rotatable bonds is 6. The van der Waals surface area contributed by atoms with Crippen LogP contribution in [0.3, 0.4) is 0 Å². The molecule has 29 heavy (non-hydrogen) atoms. The number of carbonyl (C=O) groups excluding carboxylic acids is 1. The molecule has 6 heteroatoms. The second kappa shape index (κ2) is 7.44. The SMILES string of the molecule is O=C(c1ccccc1F)N(CCc1csc2nc(-c3ccccc3)cn12)C1CC1. The van der Waals surface area contributed by atoms with E-state index in [1.165, 1.54) is 6.07 Å². The van der Waals surface area contributed by atoms with Gasteiger partial charge in [0.25, 0.3) is 5.91 Å². The van der Waals surface area contributed by atoms with E-state index in [2.05, 4.69) is 16.0 Å². The Labute approximate surface area is 172 Å². The normalized spacial score (nSPS) is 13.7. The number of hydrogen-bond donors (Lipinski definition) is 0. The van der Waals surface area contributed by atoms with Gasteiger partial charge in [-0.15, -0.1) is 11.3 Å². The van der Waals surface area contributed by atoms with E-state index >= 15 is 0 Å². The molecule has 2 aromatic carbocycles. The summed E-state index contributed by atoms with van der Waals surface area (Å²) in [6.45, 7) is 0.572. The number of nitrogens with zero attached hydrogens (tertiary/aromatic N) is 3. The van der Waals surface area contributed by atoms with Gasteiger partial charge in [0, 0.05) is 41.8 Å². The lowest BCUT2D eigenvalue weighted by molar-refractivity contribution is 0.0740. The van der Waals surface area contributed by atoms with E-state index in [-0.39, 0.29) is 17.5 Å². The minimum absolute atomic E-state index is 0.156. The van der Waals surface area contributed by atoms with Gasteiger partial charge in [-0.1, -0.05) is 42.5 Å². The number of halogens is 1. The number of aromatic nitrogens is 2. The Kier molecular flexibility index (Phi) is 4.64. The average molecular weight is 405 g/mol. The Hall–Kier alpha value is -2.99. The maximum Gasteiger partial charge on any atom is 0.257 e. The smallest absolute Gasteiger partial charge is 0.257 e. The summed E-state index contributed by atoms with van der Waals surface area (Å²) in [5.74, 6) is -0.670. The molecule has 0 atom stereocenters. The van der Waals surface area contributed by atoms with Crippen molar-refractivity contribution in [3.63, 3.8) is 0 Å². The van der Waals surface area contributed by atoms with Crippen molar-refractivity contribution < 1.29 is 9.18 Å². The molecule has 0 aliphatic heterocycles. The standard InChI is InChI=1S/C23H20FN3OS/c24-20-9-5-4-8-19(20)22(28)26(17-10-11-17)13-12-18-15-29-23-25-21(14-27(18)23)16-6-2-1-3-7-16/h1-9,14-15,17H,10-13H2. The number of hydrogen-bond acceptors (Lipinski definition) is 3. The monoisotopic (exact) mass is 405 g/mol. The molecule has 0 radical (unpaired) electrons. The van der Waals surface area contributed by atoms with Crippen LogP contribution in [0.4, 0.5) is 4.39 Å². The molecule has 0 saturated heterocycles. The lowest BCUT2D eigenvalue weighted by Crippen LogP contribution is -2.35. The van der Waals surface area contributed by atoms with Crippen LogP contribution >= 0.6 is 11.3 Å². The molecule has 1 aliphatic rings. The lowest BCUT2D eigenvalue weighted by atomic mass is 10.1. The minimum Gasteiger partial charge on any atom is -0.335 e. The fourth-order valence-electron chi connectivity index (χ4n) is 3.62. The predicted molar refractivity (Wildman–Crippen MR) is 113 cm³/mol. The second-order valence-corrected chi connectivity index (χ2v) is 8.17. The molecule has 2 aromatic heterocycles. The summed E-state index contributed by atoms with van der Waals surface area (Å²) in [6.07, 6.45) is 4.74. The van der Waals surface area contributed by atoms with Gasteiger partial charge in [0.1, 0.15) is 5.82 Å². The van der Waals surface area contributed by atoms with Crippen molar-refractivity contribution in [2.45, 2.75) is 25.3 Å². The van der Waals surface area contributed by atoms with Crippen LogP contribution < -0.4 is 0 Å². The first kappa shape index (κ1) is 18.1. The van der Waals surface area contributed by atoms with E-state index in [9.17, 15) is 9.18 Å².